The van der Waals surface area contributed by atoms with E-state index in [0.29, 0.717) is 0 Å². The average Bonchev–Trinajstić information content (AvgIpc) is 2.25. The van der Waals surface area contributed by atoms with Gasteiger partial charge in [0.15, 0.2) is 0 Å². The Balaban J connectivity index is 2.65. The number of urea groups is 1. The number of hydrazone groups is 1. The molecule has 0 radical (unpaired) electrons. The van der Waals surface area contributed by atoms with Gasteiger partial charge < -0.3 is 5.32 Å². The van der Waals surface area contributed by atoms with Crippen LogP contribution in [0.3, 0.4) is 0 Å². The van der Waals surface area contributed by atoms with Crippen molar-refractivity contribution >= 4 is 12.2 Å². The fourth-order valence-corrected chi connectivity index (χ4v) is 1.33. The molecule has 0 aromatic heterocycles. The maximum atomic E-state index is 12.5. The van der Waals surface area contributed by atoms with Gasteiger partial charge in [-0.15, -0.1) is 0 Å². The molecule has 7 heteroatoms. The van der Waals surface area contributed by atoms with Crippen LogP contribution in [0.15, 0.2) is 29.4 Å². The van der Waals surface area contributed by atoms with Crippen LogP contribution >= 0.6 is 0 Å². The molecule has 0 bridgehead atoms. The minimum Gasteiger partial charge on any atom is -0.332 e. The Morgan fingerprint density at radius 3 is 2.45 bits per heavy atom. The van der Waals surface area contributed by atoms with E-state index in [2.05, 4.69) is 15.8 Å². The maximum absolute atomic E-state index is 12.5. The summed E-state index contributed by atoms with van der Waals surface area (Å²) in [4.78, 5) is 11.4. The highest BCUT2D eigenvalue weighted by Gasteiger charge is 2.30. The predicted molar refractivity (Wildman–Crippen MR) is 70.5 cm³/mol. The molecule has 2 amide bonds. The van der Waals surface area contributed by atoms with Gasteiger partial charge >= 0.3 is 12.2 Å². The summed E-state index contributed by atoms with van der Waals surface area (Å²) in [6, 6.07) is 4.13. The van der Waals surface area contributed by atoms with Crippen molar-refractivity contribution in [2.24, 2.45) is 5.10 Å². The summed E-state index contributed by atoms with van der Waals surface area (Å²) >= 11 is 0. The molecule has 0 aliphatic rings. The number of carbonyl (C=O) groups is 1. The molecule has 0 unspecified atom stereocenters. The van der Waals surface area contributed by atoms with Crippen LogP contribution in [0.1, 0.15) is 31.9 Å². The number of nitrogens with one attached hydrogen (secondary N) is 2. The van der Waals surface area contributed by atoms with E-state index in [1.165, 1.54) is 12.1 Å². The van der Waals surface area contributed by atoms with E-state index < -0.39 is 23.3 Å². The standard InChI is InChI=1S/C13H16F3N3O/c1-12(2,3)18-11(20)19-17-8-9-5-4-6-10(7-9)13(14,15)16/h4-8H,1-3H3,(H2,18,19,20)/b17-8+. The Kier molecular flexibility index (Phi) is 4.75. The van der Waals surface area contributed by atoms with Crippen LogP contribution in [0, 0.1) is 0 Å². The van der Waals surface area contributed by atoms with Crippen molar-refractivity contribution in [2.45, 2.75) is 32.5 Å². The molecule has 0 saturated heterocycles. The lowest BCUT2D eigenvalue weighted by molar-refractivity contribution is -0.137. The molecule has 20 heavy (non-hydrogen) atoms. The number of amides is 2. The molecular formula is C13H16F3N3O. The number of rotatable bonds is 2. The summed E-state index contributed by atoms with van der Waals surface area (Å²) < 4.78 is 37.4. The summed E-state index contributed by atoms with van der Waals surface area (Å²) in [5.41, 5.74) is 1.25. The number of hydrogen-bond acceptors (Lipinski definition) is 2. The van der Waals surface area contributed by atoms with Crippen molar-refractivity contribution in [3.05, 3.63) is 35.4 Å². The lowest BCUT2D eigenvalue weighted by Gasteiger charge is -2.19. The molecule has 4 nitrogen and oxygen atoms in total. The molecule has 0 fully saturated rings. The highest BCUT2D eigenvalue weighted by atomic mass is 19.4. The van der Waals surface area contributed by atoms with Gasteiger partial charge in [0.25, 0.3) is 0 Å². The van der Waals surface area contributed by atoms with Crippen molar-refractivity contribution in [3.63, 3.8) is 0 Å². The van der Waals surface area contributed by atoms with Gasteiger partial charge in [-0.25, -0.2) is 10.2 Å². The highest BCUT2D eigenvalue weighted by molar-refractivity contribution is 5.82. The molecule has 0 saturated carbocycles. The van der Waals surface area contributed by atoms with E-state index in [9.17, 15) is 18.0 Å². The zero-order valence-electron chi connectivity index (χ0n) is 11.4. The quantitative estimate of drug-likeness (QED) is 0.637. The van der Waals surface area contributed by atoms with Crippen molar-refractivity contribution in [2.75, 3.05) is 0 Å². The van der Waals surface area contributed by atoms with Gasteiger partial charge in [0.2, 0.25) is 0 Å². The van der Waals surface area contributed by atoms with Crippen molar-refractivity contribution in [3.8, 4) is 0 Å². The van der Waals surface area contributed by atoms with Crippen LogP contribution in [0.2, 0.25) is 0 Å². The molecule has 0 spiro atoms. The van der Waals surface area contributed by atoms with Crippen LogP contribution in [0.5, 0.6) is 0 Å². The van der Waals surface area contributed by atoms with Gasteiger partial charge in [0, 0.05) is 5.54 Å². The van der Waals surface area contributed by atoms with Gasteiger partial charge in [-0.3, -0.25) is 0 Å². The van der Waals surface area contributed by atoms with E-state index in [0.717, 1.165) is 18.3 Å². The molecule has 2 N–H and O–H groups in total. The van der Waals surface area contributed by atoms with Crippen LogP contribution < -0.4 is 10.7 Å². The largest absolute Gasteiger partial charge is 0.416 e. The third-order valence-corrected chi connectivity index (χ3v) is 2.08. The highest BCUT2D eigenvalue weighted by Crippen LogP contribution is 2.29. The van der Waals surface area contributed by atoms with Gasteiger partial charge in [-0.2, -0.15) is 18.3 Å². The number of alkyl halides is 3. The van der Waals surface area contributed by atoms with Crippen molar-refractivity contribution < 1.29 is 18.0 Å². The zero-order chi connectivity index (χ0) is 15.4. The lowest BCUT2D eigenvalue weighted by Crippen LogP contribution is -2.44. The molecule has 0 aliphatic carbocycles. The summed E-state index contributed by atoms with van der Waals surface area (Å²) in [5, 5.41) is 6.19. The van der Waals surface area contributed by atoms with E-state index in [-0.39, 0.29) is 5.56 Å². The van der Waals surface area contributed by atoms with Crippen LogP contribution in [0.25, 0.3) is 0 Å². The first-order valence-corrected chi connectivity index (χ1v) is 5.86. The Labute approximate surface area is 115 Å². The second-order valence-corrected chi connectivity index (χ2v) is 5.20. The Morgan fingerprint density at radius 2 is 1.90 bits per heavy atom. The SMILES string of the molecule is CC(C)(C)NC(=O)N/N=C/c1cccc(C(F)(F)F)c1. The smallest absolute Gasteiger partial charge is 0.332 e. The molecule has 0 aliphatic heterocycles. The Bertz CT molecular complexity index is 504. The number of benzene rings is 1. The van der Waals surface area contributed by atoms with Crippen LogP contribution in [-0.4, -0.2) is 17.8 Å². The number of halogens is 3. The van der Waals surface area contributed by atoms with E-state index in [4.69, 9.17) is 0 Å². The average molecular weight is 287 g/mol. The third-order valence-electron chi connectivity index (χ3n) is 2.08. The molecule has 1 aromatic carbocycles. The normalized spacial score (nSPS) is 12.5. The van der Waals surface area contributed by atoms with Crippen molar-refractivity contribution in [1.29, 1.82) is 0 Å². The summed E-state index contributed by atoms with van der Waals surface area (Å²) in [6.07, 6.45) is -3.25. The summed E-state index contributed by atoms with van der Waals surface area (Å²) in [5.74, 6) is 0. The van der Waals surface area contributed by atoms with Crippen LogP contribution in [0.4, 0.5) is 18.0 Å². The summed E-state index contributed by atoms with van der Waals surface area (Å²) in [7, 11) is 0. The summed E-state index contributed by atoms with van der Waals surface area (Å²) in [6.45, 7) is 5.38. The van der Waals surface area contributed by atoms with Gasteiger partial charge in [0.1, 0.15) is 0 Å². The van der Waals surface area contributed by atoms with Gasteiger partial charge in [-0.1, -0.05) is 12.1 Å². The second-order valence-electron chi connectivity index (χ2n) is 5.20. The molecule has 0 heterocycles. The van der Waals surface area contributed by atoms with Crippen molar-refractivity contribution in [1.82, 2.24) is 10.7 Å². The molecule has 1 aromatic rings. The van der Waals surface area contributed by atoms with Gasteiger partial charge in [-0.05, 0) is 38.5 Å². The first-order valence-electron chi connectivity index (χ1n) is 5.86. The molecule has 110 valence electrons. The predicted octanol–water partition coefficient (Wildman–Crippen LogP) is 3.14. The molecule has 0 atom stereocenters. The van der Waals surface area contributed by atoms with Crippen LogP contribution in [-0.2, 0) is 6.18 Å². The fraction of sp³-hybridized carbons (Fsp3) is 0.385. The zero-order valence-corrected chi connectivity index (χ0v) is 11.4. The topological polar surface area (TPSA) is 53.5 Å². The number of hydrogen-bond donors (Lipinski definition) is 2. The fourth-order valence-electron chi connectivity index (χ4n) is 1.33. The minimum atomic E-state index is -4.40. The van der Waals surface area contributed by atoms with E-state index in [1.807, 2.05) is 0 Å². The molecular weight excluding hydrogens is 271 g/mol. The third kappa shape index (κ3) is 5.73. The first-order chi connectivity index (χ1) is 9.08. The van der Waals surface area contributed by atoms with E-state index >= 15 is 0 Å². The monoisotopic (exact) mass is 287 g/mol. The Hall–Kier alpha value is -2.05. The Morgan fingerprint density at radius 1 is 1.25 bits per heavy atom. The minimum absolute atomic E-state index is 0.246. The second kappa shape index (κ2) is 5.94. The van der Waals surface area contributed by atoms with E-state index in [1.54, 1.807) is 20.8 Å². The lowest BCUT2D eigenvalue weighted by atomic mass is 10.1. The number of nitrogens with zero attached hydrogens (tertiary/aromatic N) is 1. The van der Waals surface area contributed by atoms with Gasteiger partial charge in [0.05, 0.1) is 11.8 Å². The maximum Gasteiger partial charge on any atom is 0.416 e. The first kappa shape index (κ1) is 16.0. The number of carbonyl (C=O) groups excluding carboxylic acids is 1. The molecule has 1 rings (SSSR count).